The molecule has 5 aliphatic heterocycles. The average molecular weight is 2020 g/mol. The molecule has 41 heteroatoms. The van der Waals surface area contributed by atoms with Crippen molar-refractivity contribution in [2.75, 3.05) is 171 Å². The Labute approximate surface area is 833 Å². The Morgan fingerprint density at radius 1 is 0.610 bits per heavy atom. The maximum atomic E-state index is 15.2. The lowest BCUT2D eigenvalue weighted by molar-refractivity contribution is -0.202. The first-order valence-electron chi connectivity index (χ1n) is 49.3. The number of aliphatic hydroxyl groups is 8. The predicted octanol–water partition coefficient (Wildman–Crippen LogP) is 5.43. The van der Waals surface area contributed by atoms with E-state index in [9.17, 15) is 58.8 Å². The Hall–Kier alpha value is -8.08. The van der Waals surface area contributed by atoms with Gasteiger partial charge in [0.1, 0.15) is 32.0 Å². The lowest BCUT2D eigenvalue weighted by Crippen LogP contribution is -2.80. The predicted molar refractivity (Wildman–Crippen MR) is 520 cm³/mol. The number of ether oxygens (including phenoxy) is 13. The molecule has 141 heavy (non-hydrogen) atoms. The fourth-order valence-electron chi connectivity index (χ4n) is 19.6. The van der Waals surface area contributed by atoms with E-state index in [0.717, 1.165) is 67.6 Å². The van der Waals surface area contributed by atoms with Crippen molar-refractivity contribution in [3.8, 4) is 0 Å². The minimum Gasteiger partial charge on any atom is -0.481 e. The number of carboxylic acids is 1. The van der Waals surface area contributed by atoms with Crippen LogP contribution in [0.5, 0.6) is 0 Å². The molecule has 3 amide bonds. The van der Waals surface area contributed by atoms with Gasteiger partial charge < -0.3 is 133 Å². The number of amides is 3. The van der Waals surface area contributed by atoms with E-state index >= 15 is 4.79 Å². The Kier molecular flexibility index (Phi) is 55.4. The number of Topliss-reactive ketones (excluding diaryl/α,β-unsaturated/α-hetero) is 1. The maximum Gasteiger partial charge on any atom is 0.373 e. The zero-order chi connectivity index (χ0) is 105. The van der Waals surface area contributed by atoms with Crippen LogP contribution < -0.4 is 20.9 Å². The van der Waals surface area contributed by atoms with Crippen LogP contribution in [0, 0.1) is 18.3 Å². The number of carboxylic acid groups (broad SMARTS) is 1. The molecule has 9 rings (SSSR count). The third-order valence-electron chi connectivity index (χ3n) is 27.0. The summed E-state index contributed by atoms with van der Waals surface area (Å²) >= 11 is 1.48. The summed E-state index contributed by atoms with van der Waals surface area (Å²) in [5.74, 6) is -3.79. The zero-order valence-electron chi connectivity index (χ0n) is 85.2. The summed E-state index contributed by atoms with van der Waals surface area (Å²) < 4.78 is 67.4. The van der Waals surface area contributed by atoms with Crippen LogP contribution in [0.1, 0.15) is 218 Å². The first-order chi connectivity index (χ1) is 67.4. The van der Waals surface area contributed by atoms with Crippen LogP contribution >= 0.6 is 11.8 Å². The molecule has 2 bridgehead atoms. The van der Waals surface area contributed by atoms with Crippen molar-refractivity contribution >= 4 is 87.9 Å². The van der Waals surface area contributed by atoms with Crippen LogP contribution in [0.25, 0.3) is 10.9 Å². The van der Waals surface area contributed by atoms with Crippen LogP contribution in [-0.4, -0.2) is 371 Å². The van der Waals surface area contributed by atoms with Crippen molar-refractivity contribution in [1.82, 2.24) is 30.7 Å². The van der Waals surface area contributed by atoms with E-state index < -0.39 is 118 Å². The minimum atomic E-state index is -2.17. The standard InChI is InChI=1S/C61H87N5O12.C20H38N2O8S.C11H20O7.C7H16O4.CO2/c1-9-41(35-67)78-51(75-8)36-77-50(70)22-16-21-49(69)62-39(5)53(71)76-29-15-14-20-48(68)61(74)55-60(25-28-66-26-17-24-59(11-3,54(60)66)56(61)72)45-31-44(38(4)30-47(45)64(55)7)57(6)32-40-33-58(73,10-2)37-65(34-40)27-23-43-42-18-12-13-19-46(42)63-52(43)57;1-4-16(13-23)30-20(27-2)14-29-19(26)8-7-17(24)21-9-5-11-28-12-6-10-22-18(25)15-31-3;1-3-8(6-12)18-11(16-2)7-17-10(15)5-4-9(13)14;1-3-6(4-8)11-7(5-9)10-2;2-1-3/h12-13,17-19,24,30-31,39-41,51,54-56,63,67,72-74H,9-11,14-16,20-23,25-29,32-37H2,1-8H3,(H,62,69);16,20,23H,4-15H2,1-3H3,(H,21,24)(H,22,25);8,11-12H,3-7H2,1-2H3,(H,13,14);6-9H,3-5H2,1-2H3;/t39?,40?,41?,51?,54?,55?,56-,57-,58?,59-,60?,61+;;;;/m1..../s1. The fourth-order valence-corrected chi connectivity index (χ4v) is 20.0. The molecule has 1 spiro atoms. The van der Waals surface area contributed by atoms with Gasteiger partial charge >= 0.3 is 36.0 Å². The van der Waals surface area contributed by atoms with Crippen molar-refractivity contribution in [1.29, 1.82) is 0 Å². The van der Waals surface area contributed by atoms with Crippen molar-refractivity contribution in [2.24, 2.45) is 11.3 Å². The van der Waals surface area contributed by atoms with Crippen molar-refractivity contribution in [3.05, 3.63) is 76.5 Å². The smallest absolute Gasteiger partial charge is 0.373 e. The maximum absolute atomic E-state index is 15.2. The van der Waals surface area contributed by atoms with Gasteiger partial charge in [-0.15, -0.1) is 0 Å². The number of nitrogens with zero attached hydrogens (tertiary/aromatic N) is 3. The normalized spacial score (nSPS) is 23.7. The monoisotopic (exact) mass is 2020 g/mol. The highest BCUT2D eigenvalue weighted by Gasteiger charge is 2.78. The van der Waals surface area contributed by atoms with Gasteiger partial charge in [-0.1, -0.05) is 78.0 Å². The highest BCUT2D eigenvalue weighted by atomic mass is 32.2. The Bertz CT molecular complexity index is 4340. The van der Waals surface area contributed by atoms with Gasteiger partial charge in [0.2, 0.25) is 17.7 Å². The lowest BCUT2D eigenvalue weighted by atomic mass is 9.47. The van der Waals surface area contributed by atoms with Gasteiger partial charge in [-0.3, -0.25) is 48.2 Å². The molecular weight excluding hydrogens is 1860 g/mol. The van der Waals surface area contributed by atoms with E-state index in [-0.39, 0.29) is 165 Å². The molecule has 6 heterocycles. The summed E-state index contributed by atoms with van der Waals surface area (Å²) in [5.41, 5.74) is 2.93. The summed E-state index contributed by atoms with van der Waals surface area (Å²) in [7, 11) is 7.65. The number of carbonyl (C=O) groups is 9. The number of unbranched alkanes of at least 4 members (excludes halogenated alkanes) is 1. The van der Waals surface area contributed by atoms with Gasteiger partial charge in [-0.05, 0) is 170 Å². The minimum absolute atomic E-state index is 0.0183. The number of aryl methyl sites for hydroxylation is 1. The van der Waals surface area contributed by atoms with Crippen molar-refractivity contribution < 1.29 is 160 Å². The average Bonchev–Trinajstić information content (AvgIpc) is 1.44. The molecule has 1 aromatic heterocycles. The van der Waals surface area contributed by atoms with Crippen LogP contribution in [0.2, 0.25) is 0 Å². The number of aromatic nitrogens is 1. The Morgan fingerprint density at radius 3 is 1.67 bits per heavy atom. The number of methoxy groups -OCH3 is 4. The number of para-hydroxylation sites is 1. The van der Waals surface area contributed by atoms with Gasteiger partial charge in [0.05, 0.1) is 101 Å². The molecule has 19 atom stereocenters. The van der Waals surface area contributed by atoms with E-state index in [1.165, 1.54) is 69.3 Å². The van der Waals surface area contributed by atoms with Gasteiger partial charge in [0, 0.05) is 158 Å². The number of piperidine rings is 1. The molecule has 40 nitrogen and oxygen atoms in total. The van der Waals surface area contributed by atoms with E-state index in [1.54, 1.807) is 0 Å². The van der Waals surface area contributed by atoms with E-state index in [0.29, 0.717) is 103 Å². The van der Waals surface area contributed by atoms with Crippen LogP contribution in [0.15, 0.2) is 48.6 Å². The molecule has 3 fully saturated rings. The second kappa shape index (κ2) is 63.4. The van der Waals surface area contributed by atoms with E-state index in [2.05, 4.69) is 112 Å². The molecule has 800 valence electrons. The number of fused-ring (bicyclic) bond motifs is 6. The van der Waals surface area contributed by atoms with E-state index in [1.807, 2.05) is 41.0 Å². The van der Waals surface area contributed by atoms with Crippen molar-refractivity contribution in [3.63, 3.8) is 0 Å². The second-order valence-corrected chi connectivity index (χ2v) is 37.4. The van der Waals surface area contributed by atoms with Crippen molar-refractivity contribution in [2.45, 2.75) is 299 Å². The number of nitrogens with one attached hydrogen (secondary N) is 4. The quantitative estimate of drug-likeness (QED) is 0.0110. The summed E-state index contributed by atoms with van der Waals surface area (Å²) in [6.07, 6.45) is 8.82. The van der Waals surface area contributed by atoms with E-state index in [4.69, 9.17) is 96.7 Å². The summed E-state index contributed by atoms with van der Waals surface area (Å²) in [5, 5.41) is 101. The second-order valence-electron chi connectivity index (χ2n) is 36.6. The highest BCUT2D eigenvalue weighted by molar-refractivity contribution is 7.99. The number of anilines is 1. The lowest BCUT2D eigenvalue weighted by Gasteiger charge is -2.63. The fraction of sp³-hybridized carbons (Fsp3) is 0.740. The molecule has 3 aromatic rings. The van der Waals surface area contributed by atoms with Gasteiger partial charge in [-0.2, -0.15) is 21.4 Å². The van der Waals surface area contributed by atoms with Crippen LogP contribution in [0.3, 0.4) is 0 Å². The first-order valence-corrected chi connectivity index (χ1v) is 50.7. The topological polar surface area (TPSA) is 551 Å². The molecular formula is C100H161N7O33S. The molecule has 2 saturated heterocycles. The molecule has 2 aromatic carbocycles. The summed E-state index contributed by atoms with van der Waals surface area (Å²) in [6, 6.07) is 11.4. The molecule has 13 N–H and O–H groups in total. The Balaban J connectivity index is 0.000000451. The highest BCUT2D eigenvalue weighted by Crippen LogP contribution is 2.67. The van der Waals surface area contributed by atoms with Gasteiger partial charge in [-0.25, -0.2) is 4.79 Å². The van der Waals surface area contributed by atoms with Gasteiger partial charge in [0.15, 0.2) is 36.5 Å². The number of ketones is 1. The summed E-state index contributed by atoms with van der Waals surface area (Å²) in [4.78, 5) is 137. The number of aliphatic hydroxyl groups excluding tert-OH is 6. The molecule has 0 radical (unpaired) electrons. The molecule has 6 aliphatic rings. The van der Waals surface area contributed by atoms with Crippen LogP contribution in [-0.2, 0) is 132 Å². The van der Waals surface area contributed by atoms with Gasteiger partial charge in [0.25, 0.3) is 0 Å². The number of thioether (sulfide) groups is 1. The number of aromatic amines is 1. The number of H-pyrrole nitrogens is 1. The number of hydrogen-bond donors (Lipinski definition) is 13. The number of esters is 4. The van der Waals surface area contributed by atoms with Crippen LogP contribution in [0.4, 0.5) is 5.69 Å². The number of rotatable bonds is 58. The molecule has 1 aliphatic carbocycles. The number of aliphatic carboxylic acids is 1. The third kappa shape index (κ3) is 35.7. The zero-order valence-corrected chi connectivity index (χ0v) is 86.0. The number of benzene rings is 2. The Morgan fingerprint density at radius 2 is 1.15 bits per heavy atom. The number of carbonyl (C=O) groups excluding carboxylic acids is 10. The number of likely N-dealkylation sites (N-methyl/N-ethyl adjacent to an activating group) is 1. The molecule has 15 unspecified atom stereocenters. The number of hydrogen-bond acceptors (Lipinski definition) is 36. The first kappa shape index (κ1) is 123. The molecule has 1 saturated carbocycles. The SMILES string of the molecule is CCC(CO)OC(CO)OC.CCC(CO)OC(COC(=O)CCC(=O)NCCCOCCCNC(=O)CSC)OC.CCC(CO)OC(COC(=O)CCC(=O)O)OC.CCC(CO)OC(COC(=O)CCCC(=O)NC(C)C(=O)OCCCCC(=O)[C@]1(O)C2N(C)c3cc(C)c([C@@]4(C)CC5CN(CCc6c4[nH]c4ccccc64)CC(O)(CC)C5)cc3C23CCN2CC=C[C@](CC)(C23)[C@H]1O)OC.O=C=O. The third-order valence-corrected chi connectivity index (χ3v) is 27.6. The largest absolute Gasteiger partial charge is 0.481 e. The summed E-state index contributed by atoms with van der Waals surface area (Å²) in [6.45, 7) is 22.6.